The molecule has 2 heterocycles. The highest BCUT2D eigenvalue weighted by molar-refractivity contribution is 7.15. The van der Waals surface area contributed by atoms with Gasteiger partial charge in [-0.2, -0.15) is 0 Å². The van der Waals surface area contributed by atoms with Crippen LogP contribution in [-0.2, 0) is 9.53 Å². The molecular formula is C20H25N5O5S. The quantitative estimate of drug-likeness (QED) is 0.587. The lowest BCUT2D eigenvalue weighted by Crippen LogP contribution is -2.45. The first-order valence-electron chi connectivity index (χ1n) is 9.86. The van der Waals surface area contributed by atoms with E-state index in [1.54, 1.807) is 43.4 Å². The van der Waals surface area contributed by atoms with Gasteiger partial charge in [-0.3, -0.25) is 14.4 Å². The van der Waals surface area contributed by atoms with Gasteiger partial charge < -0.3 is 25.0 Å². The van der Waals surface area contributed by atoms with Gasteiger partial charge in [0.25, 0.3) is 11.8 Å². The molecule has 0 radical (unpaired) electrons. The molecule has 3 amide bonds. The van der Waals surface area contributed by atoms with E-state index >= 15 is 0 Å². The van der Waals surface area contributed by atoms with Crippen molar-refractivity contribution in [2.45, 2.75) is 12.8 Å². The number of ether oxygens (including phenoxy) is 2. The zero-order valence-corrected chi connectivity index (χ0v) is 18.2. The first kappa shape index (κ1) is 22.6. The summed E-state index contributed by atoms with van der Waals surface area (Å²) in [7, 11) is 3.13. The molecule has 2 aromatic rings. The Balaban J connectivity index is 1.58. The van der Waals surface area contributed by atoms with E-state index in [9.17, 15) is 14.4 Å². The summed E-state index contributed by atoms with van der Waals surface area (Å²) in [6.07, 6.45) is 1.44. The Kier molecular flexibility index (Phi) is 7.90. The second-order valence-electron chi connectivity index (χ2n) is 6.97. The fourth-order valence-electron chi connectivity index (χ4n) is 3.19. The van der Waals surface area contributed by atoms with Gasteiger partial charge in [0.15, 0.2) is 0 Å². The standard InChI is InChI=1S/C20H25N5O5S/c1-29-11-9-21-16(26)13-4-3-10-25(12-13)20(28)19-24-23-18(31-19)17(27)22-14-5-7-15(30-2)8-6-14/h5-8,13H,3-4,9-12H2,1-2H3,(H,21,26)(H,22,27)/t13-/m1/s1. The number of aromatic nitrogens is 2. The molecule has 0 aliphatic carbocycles. The molecule has 31 heavy (non-hydrogen) atoms. The van der Waals surface area contributed by atoms with Gasteiger partial charge in [-0.25, -0.2) is 0 Å². The van der Waals surface area contributed by atoms with Crippen LogP contribution < -0.4 is 15.4 Å². The van der Waals surface area contributed by atoms with Gasteiger partial charge in [0.05, 0.1) is 19.6 Å². The average Bonchev–Trinajstić information content (AvgIpc) is 3.30. The van der Waals surface area contributed by atoms with Gasteiger partial charge in [-0.1, -0.05) is 11.3 Å². The van der Waals surface area contributed by atoms with Crippen molar-refractivity contribution in [1.29, 1.82) is 0 Å². The number of likely N-dealkylation sites (tertiary alicyclic amines) is 1. The van der Waals surface area contributed by atoms with Crippen molar-refractivity contribution in [3.05, 3.63) is 34.3 Å². The van der Waals surface area contributed by atoms with Crippen molar-refractivity contribution in [2.75, 3.05) is 45.8 Å². The summed E-state index contributed by atoms with van der Waals surface area (Å²) in [4.78, 5) is 39.1. The Morgan fingerprint density at radius 2 is 1.90 bits per heavy atom. The smallest absolute Gasteiger partial charge is 0.286 e. The van der Waals surface area contributed by atoms with Crippen LogP contribution in [0.15, 0.2) is 24.3 Å². The Bertz CT molecular complexity index is 917. The van der Waals surface area contributed by atoms with Gasteiger partial charge in [0, 0.05) is 32.4 Å². The minimum absolute atomic E-state index is 0.0880. The molecule has 11 heteroatoms. The third kappa shape index (κ3) is 5.98. The number of carbonyl (C=O) groups is 3. The normalized spacial score (nSPS) is 15.9. The number of piperidine rings is 1. The van der Waals surface area contributed by atoms with Crippen molar-refractivity contribution in [3.63, 3.8) is 0 Å². The van der Waals surface area contributed by atoms with E-state index in [1.165, 1.54) is 0 Å². The number of hydrogen-bond acceptors (Lipinski definition) is 8. The molecule has 0 bridgehead atoms. The van der Waals surface area contributed by atoms with Crippen LogP contribution in [0.5, 0.6) is 5.75 Å². The molecule has 0 saturated carbocycles. The maximum absolute atomic E-state index is 12.8. The summed E-state index contributed by atoms with van der Waals surface area (Å²) in [6.45, 7) is 1.72. The number of hydrogen-bond donors (Lipinski definition) is 2. The summed E-state index contributed by atoms with van der Waals surface area (Å²) >= 11 is 0.929. The van der Waals surface area contributed by atoms with E-state index in [2.05, 4.69) is 20.8 Å². The topological polar surface area (TPSA) is 123 Å². The highest BCUT2D eigenvalue weighted by Crippen LogP contribution is 2.21. The molecular weight excluding hydrogens is 422 g/mol. The maximum Gasteiger partial charge on any atom is 0.286 e. The number of amides is 3. The van der Waals surface area contributed by atoms with Crippen LogP contribution in [0.1, 0.15) is 32.4 Å². The van der Waals surface area contributed by atoms with Gasteiger partial charge >= 0.3 is 0 Å². The van der Waals surface area contributed by atoms with E-state index in [4.69, 9.17) is 9.47 Å². The summed E-state index contributed by atoms with van der Waals surface area (Å²) in [5, 5.41) is 13.5. The number of nitrogens with one attached hydrogen (secondary N) is 2. The van der Waals surface area contributed by atoms with Crippen molar-refractivity contribution in [2.24, 2.45) is 5.92 Å². The molecule has 1 fully saturated rings. The number of carbonyl (C=O) groups excluding carboxylic acids is 3. The Morgan fingerprint density at radius 3 is 2.61 bits per heavy atom. The van der Waals surface area contributed by atoms with E-state index < -0.39 is 5.91 Å². The Labute approximate surface area is 183 Å². The fourth-order valence-corrected chi connectivity index (χ4v) is 3.90. The third-order valence-electron chi connectivity index (χ3n) is 4.83. The summed E-state index contributed by atoms with van der Waals surface area (Å²) in [5.74, 6) is -0.466. The van der Waals surface area contributed by atoms with Gasteiger partial charge in [0.2, 0.25) is 15.9 Å². The fraction of sp³-hybridized carbons (Fsp3) is 0.450. The van der Waals surface area contributed by atoms with Crippen molar-refractivity contribution in [1.82, 2.24) is 20.4 Å². The summed E-state index contributed by atoms with van der Waals surface area (Å²) in [6, 6.07) is 6.86. The van der Waals surface area contributed by atoms with Crippen molar-refractivity contribution in [3.8, 4) is 5.75 Å². The van der Waals surface area contributed by atoms with Crippen LogP contribution in [0.4, 0.5) is 5.69 Å². The monoisotopic (exact) mass is 447 g/mol. The SMILES string of the molecule is COCCNC(=O)[C@@H]1CCCN(C(=O)c2nnc(C(=O)Nc3ccc(OC)cc3)s2)C1. The second kappa shape index (κ2) is 10.8. The van der Waals surface area contributed by atoms with Crippen LogP contribution >= 0.6 is 11.3 Å². The molecule has 166 valence electrons. The number of rotatable bonds is 8. The highest BCUT2D eigenvalue weighted by Gasteiger charge is 2.30. The summed E-state index contributed by atoms with van der Waals surface area (Å²) < 4.78 is 10.0. The van der Waals surface area contributed by atoms with E-state index in [-0.39, 0.29) is 27.7 Å². The predicted octanol–water partition coefficient (Wildman–Crippen LogP) is 1.41. The van der Waals surface area contributed by atoms with E-state index in [0.717, 1.165) is 17.8 Å². The van der Waals surface area contributed by atoms with Gasteiger partial charge in [0.1, 0.15) is 5.75 Å². The lowest BCUT2D eigenvalue weighted by atomic mass is 9.97. The minimum Gasteiger partial charge on any atom is -0.497 e. The number of nitrogens with zero attached hydrogens (tertiary/aromatic N) is 3. The molecule has 1 aromatic carbocycles. The molecule has 2 N–H and O–H groups in total. The van der Waals surface area contributed by atoms with Gasteiger partial charge in [-0.05, 0) is 37.1 Å². The molecule has 3 rings (SSSR count). The average molecular weight is 448 g/mol. The maximum atomic E-state index is 12.8. The molecule has 1 atom stereocenters. The summed E-state index contributed by atoms with van der Waals surface area (Å²) in [5.41, 5.74) is 0.576. The molecule has 1 aliphatic heterocycles. The molecule has 0 unspecified atom stereocenters. The number of methoxy groups -OCH3 is 2. The van der Waals surface area contributed by atoms with E-state index in [0.29, 0.717) is 44.1 Å². The lowest BCUT2D eigenvalue weighted by Gasteiger charge is -2.31. The van der Waals surface area contributed by atoms with Crippen LogP contribution in [0.3, 0.4) is 0 Å². The zero-order chi connectivity index (χ0) is 22.2. The molecule has 1 aromatic heterocycles. The van der Waals surface area contributed by atoms with Crippen LogP contribution in [0.25, 0.3) is 0 Å². The molecule has 1 saturated heterocycles. The molecule has 0 spiro atoms. The largest absolute Gasteiger partial charge is 0.497 e. The highest BCUT2D eigenvalue weighted by atomic mass is 32.1. The van der Waals surface area contributed by atoms with Crippen LogP contribution in [-0.4, -0.2) is 73.3 Å². The first-order valence-corrected chi connectivity index (χ1v) is 10.7. The third-order valence-corrected chi connectivity index (χ3v) is 5.74. The van der Waals surface area contributed by atoms with Crippen LogP contribution in [0.2, 0.25) is 0 Å². The first-order chi connectivity index (χ1) is 15.0. The number of benzene rings is 1. The Hall–Kier alpha value is -3.05. The van der Waals surface area contributed by atoms with Crippen molar-refractivity contribution >= 4 is 34.7 Å². The zero-order valence-electron chi connectivity index (χ0n) is 17.4. The lowest BCUT2D eigenvalue weighted by molar-refractivity contribution is -0.126. The molecule has 10 nitrogen and oxygen atoms in total. The predicted molar refractivity (Wildman–Crippen MR) is 114 cm³/mol. The van der Waals surface area contributed by atoms with Crippen LogP contribution in [0, 0.1) is 5.92 Å². The Morgan fingerprint density at radius 1 is 1.16 bits per heavy atom. The van der Waals surface area contributed by atoms with Gasteiger partial charge in [-0.15, -0.1) is 10.2 Å². The minimum atomic E-state index is -0.448. The molecule has 1 aliphatic rings. The van der Waals surface area contributed by atoms with Crippen molar-refractivity contribution < 1.29 is 23.9 Å². The number of anilines is 1. The van der Waals surface area contributed by atoms with E-state index in [1.807, 2.05) is 0 Å². The second-order valence-corrected chi connectivity index (χ2v) is 7.95.